The second-order valence-electron chi connectivity index (χ2n) is 5.33. The lowest BCUT2D eigenvalue weighted by Gasteiger charge is -2.11. The highest BCUT2D eigenvalue weighted by Gasteiger charge is 2.06. The number of nitrogens with zero attached hydrogens (tertiary/aromatic N) is 1. The molecule has 2 rings (SSSR count). The molecule has 0 saturated carbocycles. The molecule has 0 fully saturated rings. The van der Waals surface area contributed by atoms with E-state index in [0.717, 1.165) is 22.9 Å². The number of guanidine groups is 1. The lowest BCUT2D eigenvalue weighted by atomic mass is 10.1. The zero-order valence-corrected chi connectivity index (χ0v) is 16.8. The maximum Gasteiger partial charge on any atom is 0.241 e. The molecule has 0 saturated heterocycles. The number of nitrogens with one attached hydrogen (secondary N) is 4. The van der Waals surface area contributed by atoms with Gasteiger partial charge in [0.25, 0.3) is 0 Å². The number of aromatic amines is 1. The highest BCUT2D eigenvalue weighted by Crippen LogP contribution is 2.19. The van der Waals surface area contributed by atoms with Crippen molar-refractivity contribution in [2.45, 2.75) is 20.3 Å². The Hall–Kier alpha value is -1.84. The molecular weight excluding hydrogens is 436 g/mol. The standard InChI is InChI=1S/C17H24FN5O.HI/c1-3-19-16(24)11-23-17(20-4-2)21-8-7-12-10-22-15-6-5-13(18)9-14(12)15;/h5-6,9-10,22H,3-4,7-8,11H2,1-2H3,(H,19,24)(H2,20,21,23);1H. The first-order chi connectivity index (χ1) is 11.6. The first-order valence-electron chi connectivity index (χ1n) is 8.18. The predicted octanol–water partition coefficient (Wildman–Crippen LogP) is 2.16. The molecule has 4 N–H and O–H groups in total. The van der Waals surface area contributed by atoms with Crippen LogP contribution in [0, 0.1) is 5.82 Å². The van der Waals surface area contributed by atoms with Gasteiger partial charge in [-0.15, -0.1) is 24.0 Å². The fraction of sp³-hybridized carbons (Fsp3) is 0.412. The van der Waals surface area contributed by atoms with Gasteiger partial charge in [0.1, 0.15) is 12.4 Å². The number of fused-ring (bicyclic) bond motifs is 1. The van der Waals surface area contributed by atoms with E-state index in [1.54, 1.807) is 6.07 Å². The molecule has 25 heavy (non-hydrogen) atoms. The van der Waals surface area contributed by atoms with E-state index in [1.807, 2.05) is 20.0 Å². The summed E-state index contributed by atoms with van der Waals surface area (Å²) in [5, 5.41) is 9.88. The van der Waals surface area contributed by atoms with Crippen LogP contribution in [0.15, 0.2) is 29.4 Å². The Balaban J connectivity index is 0.00000312. The van der Waals surface area contributed by atoms with Crippen LogP contribution >= 0.6 is 24.0 Å². The number of halogens is 2. The van der Waals surface area contributed by atoms with Gasteiger partial charge in [-0.2, -0.15) is 0 Å². The summed E-state index contributed by atoms with van der Waals surface area (Å²) >= 11 is 0. The van der Waals surface area contributed by atoms with Crippen LogP contribution in [0.3, 0.4) is 0 Å². The lowest BCUT2D eigenvalue weighted by Crippen LogP contribution is -2.39. The van der Waals surface area contributed by atoms with Crippen LogP contribution in [-0.2, 0) is 11.2 Å². The number of hydrogen-bond acceptors (Lipinski definition) is 2. The zero-order chi connectivity index (χ0) is 17.4. The number of hydrogen-bond donors (Lipinski definition) is 4. The van der Waals surface area contributed by atoms with Crippen LogP contribution in [0.4, 0.5) is 4.39 Å². The van der Waals surface area contributed by atoms with E-state index >= 15 is 0 Å². The van der Waals surface area contributed by atoms with Gasteiger partial charge >= 0.3 is 0 Å². The zero-order valence-electron chi connectivity index (χ0n) is 14.5. The molecule has 0 radical (unpaired) electrons. The summed E-state index contributed by atoms with van der Waals surface area (Å²) in [5.41, 5.74) is 1.96. The third kappa shape index (κ3) is 6.52. The van der Waals surface area contributed by atoms with Gasteiger partial charge in [-0.05, 0) is 44.0 Å². The molecule has 1 aromatic heterocycles. The first kappa shape index (κ1) is 21.2. The normalized spacial score (nSPS) is 11.1. The monoisotopic (exact) mass is 461 g/mol. The molecule has 0 bridgehead atoms. The average molecular weight is 461 g/mol. The van der Waals surface area contributed by atoms with Crippen LogP contribution in [0.25, 0.3) is 10.9 Å². The minimum Gasteiger partial charge on any atom is -0.361 e. The number of rotatable bonds is 7. The van der Waals surface area contributed by atoms with Crippen molar-refractivity contribution in [1.82, 2.24) is 20.9 Å². The van der Waals surface area contributed by atoms with Crippen molar-refractivity contribution in [3.05, 3.63) is 35.8 Å². The molecular formula is C17H25FIN5O. The van der Waals surface area contributed by atoms with Crippen molar-refractivity contribution in [2.75, 3.05) is 26.2 Å². The van der Waals surface area contributed by atoms with Crippen LogP contribution in [-0.4, -0.2) is 43.0 Å². The third-order valence-electron chi connectivity index (χ3n) is 3.52. The highest BCUT2D eigenvalue weighted by atomic mass is 127. The van der Waals surface area contributed by atoms with Crippen molar-refractivity contribution in [2.24, 2.45) is 4.99 Å². The Kier molecular flexibility index (Phi) is 9.25. The lowest BCUT2D eigenvalue weighted by molar-refractivity contribution is -0.119. The summed E-state index contributed by atoms with van der Waals surface area (Å²) in [6, 6.07) is 4.72. The SMILES string of the molecule is CCNC(=O)CN=C(NCC)NCCc1c[nH]c2ccc(F)cc12.I. The molecule has 138 valence electrons. The van der Waals surface area contributed by atoms with E-state index < -0.39 is 0 Å². The Labute approximate surface area is 164 Å². The second kappa shape index (κ2) is 10.9. The number of aliphatic imine (C=N–C) groups is 1. The van der Waals surface area contributed by atoms with E-state index in [-0.39, 0.29) is 42.2 Å². The summed E-state index contributed by atoms with van der Waals surface area (Å²) in [6.45, 7) is 5.85. The summed E-state index contributed by atoms with van der Waals surface area (Å²) < 4.78 is 13.4. The number of benzene rings is 1. The van der Waals surface area contributed by atoms with Gasteiger partial charge in [-0.25, -0.2) is 9.38 Å². The fourth-order valence-corrected chi connectivity index (χ4v) is 2.42. The van der Waals surface area contributed by atoms with E-state index in [9.17, 15) is 9.18 Å². The van der Waals surface area contributed by atoms with Gasteiger partial charge in [0.05, 0.1) is 0 Å². The van der Waals surface area contributed by atoms with Gasteiger partial charge in [-0.1, -0.05) is 0 Å². The Bertz CT molecular complexity index is 716. The van der Waals surface area contributed by atoms with E-state index in [2.05, 4.69) is 25.9 Å². The molecule has 2 aromatic rings. The molecule has 8 heteroatoms. The van der Waals surface area contributed by atoms with Crippen LogP contribution in [0.1, 0.15) is 19.4 Å². The Morgan fingerprint density at radius 1 is 1.20 bits per heavy atom. The molecule has 1 aromatic carbocycles. The molecule has 0 aliphatic heterocycles. The predicted molar refractivity (Wildman–Crippen MR) is 110 cm³/mol. The molecule has 0 aliphatic rings. The van der Waals surface area contributed by atoms with E-state index in [4.69, 9.17) is 0 Å². The Morgan fingerprint density at radius 2 is 1.96 bits per heavy atom. The van der Waals surface area contributed by atoms with E-state index in [1.165, 1.54) is 12.1 Å². The summed E-state index contributed by atoms with van der Waals surface area (Å²) in [6.07, 6.45) is 2.61. The molecule has 0 aliphatic carbocycles. The maximum absolute atomic E-state index is 13.4. The molecule has 6 nitrogen and oxygen atoms in total. The minimum atomic E-state index is -0.242. The summed E-state index contributed by atoms with van der Waals surface area (Å²) in [5.74, 6) is 0.240. The molecule has 0 atom stereocenters. The quantitative estimate of drug-likeness (QED) is 0.290. The number of carbonyl (C=O) groups is 1. The molecule has 1 heterocycles. The third-order valence-corrected chi connectivity index (χ3v) is 3.52. The number of aromatic nitrogens is 1. The van der Waals surface area contributed by atoms with Crippen molar-refractivity contribution in [3.63, 3.8) is 0 Å². The van der Waals surface area contributed by atoms with Crippen LogP contribution < -0.4 is 16.0 Å². The van der Waals surface area contributed by atoms with Gasteiger partial charge in [0, 0.05) is 36.7 Å². The largest absolute Gasteiger partial charge is 0.361 e. The fourth-order valence-electron chi connectivity index (χ4n) is 2.42. The highest BCUT2D eigenvalue weighted by molar-refractivity contribution is 14.0. The molecule has 0 unspecified atom stereocenters. The number of H-pyrrole nitrogens is 1. The van der Waals surface area contributed by atoms with Gasteiger partial charge in [-0.3, -0.25) is 4.79 Å². The van der Waals surface area contributed by atoms with Gasteiger partial charge < -0.3 is 20.9 Å². The summed E-state index contributed by atoms with van der Waals surface area (Å²) in [7, 11) is 0. The molecule has 0 spiro atoms. The molecule has 1 amide bonds. The topological polar surface area (TPSA) is 81.3 Å². The first-order valence-corrected chi connectivity index (χ1v) is 8.18. The van der Waals surface area contributed by atoms with Crippen LogP contribution in [0.2, 0.25) is 0 Å². The number of likely N-dealkylation sites (N-methyl/N-ethyl adjacent to an activating group) is 1. The van der Waals surface area contributed by atoms with Gasteiger partial charge in [0.15, 0.2) is 5.96 Å². The Morgan fingerprint density at radius 3 is 2.68 bits per heavy atom. The van der Waals surface area contributed by atoms with Crippen molar-refractivity contribution >= 4 is 46.7 Å². The minimum absolute atomic E-state index is 0. The van der Waals surface area contributed by atoms with Crippen molar-refractivity contribution < 1.29 is 9.18 Å². The summed E-state index contributed by atoms with van der Waals surface area (Å²) in [4.78, 5) is 18.9. The van der Waals surface area contributed by atoms with Crippen molar-refractivity contribution in [1.29, 1.82) is 0 Å². The smallest absolute Gasteiger partial charge is 0.241 e. The van der Waals surface area contributed by atoms with E-state index in [0.29, 0.717) is 25.6 Å². The second-order valence-corrected chi connectivity index (χ2v) is 5.33. The maximum atomic E-state index is 13.4. The number of carbonyl (C=O) groups excluding carboxylic acids is 1. The average Bonchev–Trinajstić information content (AvgIpc) is 2.95. The van der Waals surface area contributed by atoms with Gasteiger partial charge in [0.2, 0.25) is 5.91 Å². The number of amides is 1. The van der Waals surface area contributed by atoms with Crippen molar-refractivity contribution in [3.8, 4) is 0 Å². The van der Waals surface area contributed by atoms with Crippen LogP contribution in [0.5, 0.6) is 0 Å².